The van der Waals surface area contributed by atoms with Gasteiger partial charge < -0.3 is 19.4 Å². The predicted octanol–water partition coefficient (Wildman–Crippen LogP) is 1.29. The molecule has 0 saturated carbocycles. The fraction of sp³-hybridized carbons (Fsp3) is 0.632. The molecular formula is C19H26N6O3. The number of urea groups is 1. The second kappa shape index (κ2) is 7.21. The molecule has 1 aromatic rings. The van der Waals surface area contributed by atoms with E-state index < -0.39 is 0 Å². The lowest BCUT2D eigenvalue weighted by Gasteiger charge is -2.33. The molecule has 4 aliphatic heterocycles. The van der Waals surface area contributed by atoms with Crippen molar-refractivity contribution >= 4 is 11.9 Å². The highest BCUT2D eigenvalue weighted by Crippen LogP contribution is 2.34. The van der Waals surface area contributed by atoms with Gasteiger partial charge in [-0.2, -0.15) is 0 Å². The van der Waals surface area contributed by atoms with E-state index in [2.05, 4.69) is 27.4 Å². The van der Waals surface area contributed by atoms with Crippen molar-refractivity contribution in [3.8, 4) is 0 Å². The Morgan fingerprint density at radius 1 is 1.29 bits per heavy atom. The van der Waals surface area contributed by atoms with E-state index in [-0.39, 0.29) is 23.8 Å². The van der Waals surface area contributed by atoms with Crippen LogP contribution in [0.15, 0.2) is 33.9 Å². The lowest BCUT2D eigenvalue weighted by atomic mass is 9.84. The number of oxazole rings is 1. The van der Waals surface area contributed by atoms with Gasteiger partial charge in [0.05, 0.1) is 6.20 Å². The van der Waals surface area contributed by atoms with Gasteiger partial charge in [0, 0.05) is 43.8 Å². The first-order chi connectivity index (χ1) is 13.7. The molecule has 0 aromatic carbocycles. The normalized spacial score (nSPS) is 29.4. The SMILES string of the molecule is CC(c1ncco1)C1CNCC1C1=NC2=CN(C3CCOCC3)CN2C(=O)N1. The van der Waals surface area contributed by atoms with E-state index >= 15 is 0 Å². The largest absolute Gasteiger partial charge is 0.449 e. The Hall–Kier alpha value is -2.39. The van der Waals surface area contributed by atoms with Crippen molar-refractivity contribution in [1.29, 1.82) is 0 Å². The maximum absolute atomic E-state index is 12.8. The van der Waals surface area contributed by atoms with Gasteiger partial charge in [0.25, 0.3) is 0 Å². The number of amides is 2. The van der Waals surface area contributed by atoms with Crippen LogP contribution in [-0.2, 0) is 4.74 Å². The van der Waals surface area contributed by atoms with Crippen LogP contribution in [0, 0.1) is 11.8 Å². The van der Waals surface area contributed by atoms with Gasteiger partial charge in [-0.05, 0) is 25.3 Å². The van der Waals surface area contributed by atoms with E-state index in [9.17, 15) is 4.79 Å². The summed E-state index contributed by atoms with van der Waals surface area (Å²) in [6.45, 7) is 5.86. The number of fused-ring (bicyclic) bond motifs is 1. The highest BCUT2D eigenvalue weighted by molar-refractivity contribution is 6.02. The number of nitrogens with one attached hydrogen (secondary N) is 2. The first-order valence-corrected chi connectivity index (χ1v) is 10.0. The summed E-state index contributed by atoms with van der Waals surface area (Å²) in [5.41, 5.74) is 0. The summed E-state index contributed by atoms with van der Waals surface area (Å²) < 4.78 is 11.0. The van der Waals surface area contributed by atoms with Gasteiger partial charge in [0.15, 0.2) is 11.7 Å². The quantitative estimate of drug-likeness (QED) is 0.810. The molecule has 4 aliphatic rings. The van der Waals surface area contributed by atoms with Crippen molar-refractivity contribution < 1.29 is 13.9 Å². The monoisotopic (exact) mass is 386 g/mol. The second-order valence-corrected chi connectivity index (χ2v) is 7.93. The number of ether oxygens (including phenoxy) is 1. The van der Waals surface area contributed by atoms with E-state index in [1.165, 1.54) is 0 Å². The van der Waals surface area contributed by atoms with Crippen LogP contribution in [0.5, 0.6) is 0 Å². The zero-order valence-corrected chi connectivity index (χ0v) is 16.0. The molecule has 2 N–H and O–H groups in total. The molecule has 0 radical (unpaired) electrons. The van der Waals surface area contributed by atoms with Crippen LogP contribution in [-0.4, -0.2) is 65.7 Å². The van der Waals surface area contributed by atoms with Gasteiger partial charge in [-0.25, -0.2) is 14.8 Å². The van der Waals surface area contributed by atoms with E-state index in [1.54, 1.807) is 17.4 Å². The summed E-state index contributed by atoms with van der Waals surface area (Å²) in [6, 6.07) is 0.310. The summed E-state index contributed by atoms with van der Waals surface area (Å²) in [6.07, 6.45) is 7.28. The molecule has 1 aromatic heterocycles. The van der Waals surface area contributed by atoms with Gasteiger partial charge in [-0.3, -0.25) is 10.2 Å². The van der Waals surface area contributed by atoms with Crippen molar-refractivity contribution in [2.24, 2.45) is 16.8 Å². The molecule has 150 valence electrons. The lowest BCUT2D eigenvalue weighted by molar-refractivity contribution is 0.0459. The topological polar surface area (TPSA) is 95.2 Å². The van der Waals surface area contributed by atoms with Crippen molar-refractivity contribution in [2.75, 3.05) is 33.0 Å². The minimum atomic E-state index is -0.0970. The van der Waals surface area contributed by atoms with Crippen LogP contribution >= 0.6 is 0 Å². The molecule has 0 bridgehead atoms. The smallest absolute Gasteiger partial charge is 0.329 e. The van der Waals surface area contributed by atoms with Gasteiger partial charge in [0.2, 0.25) is 0 Å². The van der Waals surface area contributed by atoms with Gasteiger partial charge >= 0.3 is 6.03 Å². The number of hydrogen-bond acceptors (Lipinski definition) is 7. The third-order valence-electron chi connectivity index (χ3n) is 6.33. The molecule has 9 nitrogen and oxygen atoms in total. The summed E-state index contributed by atoms with van der Waals surface area (Å²) in [4.78, 5) is 25.9. The molecule has 0 aliphatic carbocycles. The van der Waals surface area contributed by atoms with E-state index in [0.29, 0.717) is 12.7 Å². The van der Waals surface area contributed by atoms with Crippen LogP contribution in [0.25, 0.3) is 0 Å². The molecule has 0 spiro atoms. The Morgan fingerprint density at radius 2 is 2.14 bits per heavy atom. The van der Waals surface area contributed by atoms with Crippen LogP contribution in [0.2, 0.25) is 0 Å². The molecule has 2 amide bonds. The maximum Gasteiger partial charge on any atom is 0.329 e. The number of aliphatic imine (C=N–C) groups is 1. The van der Waals surface area contributed by atoms with Crippen molar-refractivity contribution in [3.63, 3.8) is 0 Å². The second-order valence-electron chi connectivity index (χ2n) is 7.93. The van der Waals surface area contributed by atoms with Gasteiger partial charge in [-0.15, -0.1) is 0 Å². The third kappa shape index (κ3) is 3.08. The lowest BCUT2D eigenvalue weighted by Crippen LogP contribution is -2.50. The Morgan fingerprint density at radius 3 is 2.93 bits per heavy atom. The standard InChI is InChI=1S/C19H26N6O3/c1-12(18-21-4-7-28-18)14-8-20-9-15(14)17-22-16-10-24(11-25(16)19(26)23-17)13-2-5-27-6-3-13/h4,7,10,12-15,20H,2-3,5-6,8-9,11H2,1H3,(H,22,23,26). The van der Waals surface area contributed by atoms with E-state index in [0.717, 1.165) is 56.7 Å². The van der Waals surface area contributed by atoms with Crippen LogP contribution < -0.4 is 10.6 Å². The molecule has 2 saturated heterocycles. The maximum atomic E-state index is 12.8. The van der Waals surface area contributed by atoms with Crippen LogP contribution in [0.1, 0.15) is 31.6 Å². The number of carbonyl (C=O) groups is 1. The molecule has 3 atom stereocenters. The van der Waals surface area contributed by atoms with Gasteiger partial charge in [-0.1, -0.05) is 6.92 Å². The minimum absolute atomic E-state index is 0.0970. The Balaban J connectivity index is 1.37. The Labute approximate surface area is 163 Å². The fourth-order valence-corrected chi connectivity index (χ4v) is 4.66. The highest BCUT2D eigenvalue weighted by Gasteiger charge is 2.41. The Bertz CT molecular complexity index is 786. The molecule has 3 unspecified atom stereocenters. The van der Waals surface area contributed by atoms with Crippen molar-refractivity contribution in [1.82, 2.24) is 25.4 Å². The molecule has 9 heteroatoms. The van der Waals surface area contributed by atoms with E-state index in [1.807, 2.05) is 6.20 Å². The van der Waals surface area contributed by atoms with Crippen molar-refractivity contribution in [3.05, 3.63) is 30.4 Å². The average Bonchev–Trinajstić information content (AvgIpc) is 3.48. The summed E-state index contributed by atoms with van der Waals surface area (Å²) in [7, 11) is 0. The molecule has 5 heterocycles. The molecule has 5 rings (SSSR count). The highest BCUT2D eigenvalue weighted by atomic mass is 16.5. The number of nitrogens with zero attached hydrogens (tertiary/aromatic N) is 4. The van der Waals surface area contributed by atoms with Crippen LogP contribution in [0.4, 0.5) is 4.79 Å². The molecule has 2 fully saturated rings. The average molecular weight is 386 g/mol. The number of rotatable bonds is 4. The predicted molar refractivity (Wildman–Crippen MR) is 101 cm³/mol. The number of hydrogen-bond donors (Lipinski definition) is 2. The first kappa shape index (κ1) is 17.7. The number of carbonyl (C=O) groups excluding carboxylic acids is 1. The third-order valence-corrected chi connectivity index (χ3v) is 6.33. The van der Waals surface area contributed by atoms with Crippen LogP contribution in [0.3, 0.4) is 0 Å². The zero-order chi connectivity index (χ0) is 19.1. The summed E-state index contributed by atoms with van der Waals surface area (Å²) in [5, 5.41) is 6.48. The molecular weight excluding hydrogens is 360 g/mol. The summed E-state index contributed by atoms with van der Waals surface area (Å²) in [5.74, 6) is 2.73. The Kier molecular flexibility index (Phi) is 4.56. The fourth-order valence-electron chi connectivity index (χ4n) is 4.66. The number of amidine groups is 1. The van der Waals surface area contributed by atoms with Gasteiger partial charge in [0.1, 0.15) is 18.8 Å². The van der Waals surface area contributed by atoms with E-state index in [4.69, 9.17) is 14.1 Å². The first-order valence-electron chi connectivity index (χ1n) is 10.0. The zero-order valence-electron chi connectivity index (χ0n) is 16.0. The molecule has 28 heavy (non-hydrogen) atoms. The minimum Gasteiger partial charge on any atom is -0.449 e. The number of aromatic nitrogens is 1. The van der Waals surface area contributed by atoms with Crippen molar-refractivity contribution in [2.45, 2.75) is 31.7 Å². The summed E-state index contributed by atoms with van der Waals surface area (Å²) >= 11 is 0.